The zero-order valence-electron chi connectivity index (χ0n) is 10.7. The lowest BCUT2D eigenvalue weighted by Gasteiger charge is -2.19. The number of aromatic nitrogens is 1. The Labute approximate surface area is 107 Å². The number of pyridine rings is 1. The molecule has 0 unspecified atom stereocenters. The van der Waals surface area contributed by atoms with Crippen molar-refractivity contribution in [2.45, 2.75) is 31.9 Å². The minimum Gasteiger partial charge on any atom is -0.481 e. The van der Waals surface area contributed by atoms with Crippen LogP contribution in [0.4, 0.5) is 0 Å². The molecule has 1 amide bonds. The molecule has 5 heteroatoms. The Morgan fingerprint density at radius 3 is 3.00 bits per heavy atom. The molecule has 0 bridgehead atoms. The van der Waals surface area contributed by atoms with Crippen molar-refractivity contribution in [1.29, 1.82) is 0 Å². The Hall–Kier alpha value is -1.62. The van der Waals surface area contributed by atoms with Crippen molar-refractivity contribution >= 4 is 5.91 Å². The van der Waals surface area contributed by atoms with Crippen LogP contribution in [0.15, 0.2) is 18.3 Å². The first kappa shape index (κ1) is 12.8. The van der Waals surface area contributed by atoms with Gasteiger partial charge in [-0.15, -0.1) is 0 Å². The second-order valence-electron chi connectivity index (χ2n) is 4.40. The summed E-state index contributed by atoms with van der Waals surface area (Å²) >= 11 is 0. The molecule has 1 fully saturated rings. The molecule has 5 nitrogen and oxygen atoms in total. The van der Waals surface area contributed by atoms with Gasteiger partial charge in [0, 0.05) is 18.9 Å². The zero-order valence-corrected chi connectivity index (χ0v) is 10.7. The molecule has 98 valence electrons. The van der Waals surface area contributed by atoms with Gasteiger partial charge in [0.1, 0.15) is 0 Å². The molecular formula is C13H18N2O3. The molecule has 0 spiro atoms. The highest BCUT2D eigenvalue weighted by Crippen LogP contribution is 2.16. The smallest absolute Gasteiger partial charge is 0.253 e. The number of amides is 1. The molecule has 0 aromatic carbocycles. The summed E-state index contributed by atoms with van der Waals surface area (Å²) in [6.45, 7) is 2.75. The van der Waals surface area contributed by atoms with Gasteiger partial charge < -0.3 is 14.8 Å². The molecule has 18 heavy (non-hydrogen) atoms. The lowest BCUT2D eigenvalue weighted by molar-refractivity contribution is 0.0712. The summed E-state index contributed by atoms with van der Waals surface area (Å²) in [6.07, 6.45) is 3.70. The SMILES string of the molecule is COc1ccc(C(=O)N[C@H](C)[C@H]2CCCO2)cn1. The summed E-state index contributed by atoms with van der Waals surface area (Å²) in [5.41, 5.74) is 0.528. The molecule has 2 heterocycles. The van der Waals surface area contributed by atoms with E-state index in [-0.39, 0.29) is 18.1 Å². The maximum atomic E-state index is 12.0. The van der Waals surface area contributed by atoms with E-state index in [4.69, 9.17) is 9.47 Å². The lowest BCUT2D eigenvalue weighted by atomic mass is 10.1. The molecule has 0 saturated carbocycles. The van der Waals surface area contributed by atoms with Crippen LogP contribution in [0.25, 0.3) is 0 Å². The van der Waals surface area contributed by atoms with Gasteiger partial charge in [0.2, 0.25) is 5.88 Å². The molecule has 1 aliphatic heterocycles. The zero-order chi connectivity index (χ0) is 13.0. The van der Waals surface area contributed by atoms with Gasteiger partial charge in [-0.1, -0.05) is 0 Å². The summed E-state index contributed by atoms with van der Waals surface area (Å²) < 4.78 is 10.5. The van der Waals surface area contributed by atoms with E-state index in [1.165, 1.54) is 6.20 Å². The monoisotopic (exact) mass is 250 g/mol. The van der Waals surface area contributed by atoms with E-state index in [2.05, 4.69) is 10.3 Å². The standard InChI is InChI=1S/C13H18N2O3/c1-9(11-4-3-7-18-11)15-13(16)10-5-6-12(17-2)14-8-10/h5-6,8-9,11H,3-4,7H2,1-2H3,(H,15,16)/t9-,11-/m1/s1. The van der Waals surface area contributed by atoms with Gasteiger partial charge in [0.15, 0.2) is 0 Å². The quantitative estimate of drug-likeness (QED) is 0.877. The number of carbonyl (C=O) groups excluding carboxylic acids is 1. The number of carbonyl (C=O) groups is 1. The fourth-order valence-corrected chi connectivity index (χ4v) is 2.02. The van der Waals surface area contributed by atoms with Crippen molar-refractivity contribution < 1.29 is 14.3 Å². The second-order valence-corrected chi connectivity index (χ2v) is 4.40. The van der Waals surface area contributed by atoms with Crippen molar-refractivity contribution in [2.75, 3.05) is 13.7 Å². The number of rotatable bonds is 4. The van der Waals surface area contributed by atoms with Gasteiger partial charge in [-0.25, -0.2) is 4.98 Å². The number of hydrogen-bond acceptors (Lipinski definition) is 4. The molecular weight excluding hydrogens is 232 g/mol. The molecule has 1 aliphatic rings. The van der Waals surface area contributed by atoms with Crippen molar-refractivity contribution in [1.82, 2.24) is 10.3 Å². The Morgan fingerprint density at radius 1 is 1.61 bits per heavy atom. The largest absolute Gasteiger partial charge is 0.481 e. The van der Waals surface area contributed by atoms with E-state index in [0.29, 0.717) is 11.4 Å². The maximum absolute atomic E-state index is 12.0. The van der Waals surface area contributed by atoms with Crippen molar-refractivity contribution in [3.8, 4) is 5.88 Å². The van der Waals surface area contributed by atoms with Gasteiger partial charge in [0.05, 0.1) is 24.8 Å². The second kappa shape index (κ2) is 5.82. The molecule has 1 saturated heterocycles. The average Bonchev–Trinajstić information content (AvgIpc) is 2.92. The maximum Gasteiger partial charge on any atom is 0.253 e. The third-order valence-corrected chi connectivity index (χ3v) is 3.09. The molecule has 0 radical (unpaired) electrons. The van der Waals surface area contributed by atoms with Gasteiger partial charge in [-0.05, 0) is 25.8 Å². The van der Waals surface area contributed by atoms with Gasteiger partial charge in [-0.3, -0.25) is 4.79 Å². The molecule has 1 N–H and O–H groups in total. The topological polar surface area (TPSA) is 60.5 Å². The van der Waals surface area contributed by atoms with Crippen LogP contribution in [0.2, 0.25) is 0 Å². The molecule has 1 aromatic heterocycles. The summed E-state index contributed by atoms with van der Waals surface area (Å²) in [4.78, 5) is 16.0. The normalized spacial score (nSPS) is 20.4. The van der Waals surface area contributed by atoms with E-state index >= 15 is 0 Å². The van der Waals surface area contributed by atoms with E-state index in [1.807, 2.05) is 6.92 Å². The highest BCUT2D eigenvalue weighted by atomic mass is 16.5. The Balaban J connectivity index is 1.93. The average molecular weight is 250 g/mol. The molecule has 2 rings (SSSR count). The summed E-state index contributed by atoms with van der Waals surface area (Å²) in [7, 11) is 1.54. The minimum atomic E-state index is -0.131. The first-order valence-corrected chi connectivity index (χ1v) is 6.13. The van der Waals surface area contributed by atoms with E-state index in [0.717, 1.165) is 19.4 Å². The van der Waals surface area contributed by atoms with E-state index in [9.17, 15) is 4.79 Å². The van der Waals surface area contributed by atoms with Gasteiger partial charge >= 0.3 is 0 Å². The summed E-state index contributed by atoms with van der Waals surface area (Å²) in [5.74, 6) is 0.367. The number of ether oxygens (including phenoxy) is 2. The molecule has 1 aromatic rings. The number of nitrogens with zero attached hydrogens (tertiary/aromatic N) is 1. The third kappa shape index (κ3) is 2.98. The van der Waals surface area contributed by atoms with Crippen LogP contribution in [0.1, 0.15) is 30.1 Å². The van der Waals surface area contributed by atoms with Crippen LogP contribution in [-0.4, -0.2) is 36.8 Å². The Morgan fingerprint density at radius 2 is 2.44 bits per heavy atom. The van der Waals surface area contributed by atoms with Crippen molar-refractivity contribution in [3.05, 3.63) is 23.9 Å². The predicted octanol–water partition coefficient (Wildman–Crippen LogP) is 1.39. The fourth-order valence-electron chi connectivity index (χ4n) is 2.02. The lowest BCUT2D eigenvalue weighted by Crippen LogP contribution is -2.40. The Kier molecular flexibility index (Phi) is 4.15. The highest BCUT2D eigenvalue weighted by Gasteiger charge is 2.23. The first-order valence-electron chi connectivity index (χ1n) is 6.13. The minimum absolute atomic E-state index is 0.0158. The van der Waals surface area contributed by atoms with Gasteiger partial charge in [-0.2, -0.15) is 0 Å². The number of methoxy groups -OCH3 is 1. The van der Waals surface area contributed by atoms with E-state index in [1.54, 1.807) is 19.2 Å². The van der Waals surface area contributed by atoms with Crippen molar-refractivity contribution in [2.24, 2.45) is 0 Å². The molecule has 2 atom stereocenters. The predicted molar refractivity (Wildman–Crippen MR) is 66.7 cm³/mol. The van der Waals surface area contributed by atoms with Crippen LogP contribution >= 0.6 is 0 Å². The van der Waals surface area contributed by atoms with Gasteiger partial charge in [0.25, 0.3) is 5.91 Å². The molecule has 0 aliphatic carbocycles. The van der Waals surface area contributed by atoms with Crippen LogP contribution in [-0.2, 0) is 4.74 Å². The van der Waals surface area contributed by atoms with Crippen LogP contribution in [0.3, 0.4) is 0 Å². The van der Waals surface area contributed by atoms with Crippen LogP contribution in [0.5, 0.6) is 5.88 Å². The fraction of sp³-hybridized carbons (Fsp3) is 0.538. The van der Waals surface area contributed by atoms with Crippen molar-refractivity contribution in [3.63, 3.8) is 0 Å². The summed E-state index contributed by atoms with van der Waals surface area (Å²) in [5, 5.41) is 2.93. The third-order valence-electron chi connectivity index (χ3n) is 3.09. The summed E-state index contributed by atoms with van der Waals surface area (Å²) in [6, 6.07) is 3.39. The van der Waals surface area contributed by atoms with Crippen LogP contribution < -0.4 is 10.1 Å². The number of nitrogens with one attached hydrogen (secondary N) is 1. The Bertz CT molecular complexity index is 399. The van der Waals surface area contributed by atoms with E-state index < -0.39 is 0 Å². The van der Waals surface area contributed by atoms with Crippen LogP contribution in [0, 0.1) is 0 Å². The number of hydrogen-bond donors (Lipinski definition) is 1. The first-order chi connectivity index (χ1) is 8.70. The highest BCUT2D eigenvalue weighted by molar-refractivity contribution is 5.94.